The van der Waals surface area contributed by atoms with E-state index in [1.54, 1.807) is 12.1 Å². The van der Waals surface area contributed by atoms with Gasteiger partial charge in [0.1, 0.15) is 19.0 Å². The molecule has 0 atom stereocenters. The zero-order valence-corrected chi connectivity index (χ0v) is 12.2. The first-order valence-corrected chi connectivity index (χ1v) is 7.10. The van der Waals surface area contributed by atoms with Gasteiger partial charge in [-0.3, -0.25) is 0 Å². The van der Waals surface area contributed by atoms with Gasteiger partial charge >= 0.3 is 0 Å². The Bertz CT molecular complexity index is 633. The summed E-state index contributed by atoms with van der Waals surface area (Å²) in [7, 11) is 0. The molecule has 0 bridgehead atoms. The van der Waals surface area contributed by atoms with Crippen molar-refractivity contribution in [1.29, 1.82) is 0 Å². The van der Waals surface area contributed by atoms with E-state index in [4.69, 9.17) is 9.47 Å². The van der Waals surface area contributed by atoms with E-state index in [1.807, 2.05) is 18.2 Å². The summed E-state index contributed by atoms with van der Waals surface area (Å²) in [4.78, 5) is 0. The van der Waals surface area contributed by atoms with Crippen LogP contribution in [0.2, 0.25) is 0 Å². The molecular weight excluding hydrogens is 325 g/mol. The van der Waals surface area contributed by atoms with Crippen LogP contribution in [-0.2, 0) is 6.54 Å². The Morgan fingerprint density at radius 2 is 1.80 bits per heavy atom. The quantitative estimate of drug-likeness (QED) is 0.919. The van der Waals surface area contributed by atoms with Gasteiger partial charge in [-0.15, -0.1) is 0 Å². The Labute approximate surface area is 124 Å². The van der Waals surface area contributed by atoms with E-state index in [-0.39, 0.29) is 5.82 Å². The van der Waals surface area contributed by atoms with Crippen LogP contribution in [0.1, 0.15) is 5.56 Å². The standard InChI is InChI=1S/C15H13BrFNO2/c16-11-7-14-15(20-6-5-19-14)8-13(11)18-9-10-3-1-2-4-12(10)17/h1-4,7-8,18H,5-6,9H2. The lowest BCUT2D eigenvalue weighted by Crippen LogP contribution is -2.15. The van der Waals surface area contributed by atoms with Crippen molar-refractivity contribution < 1.29 is 13.9 Å². The molecule has 0 aliphatic carbocycles. The molecule has 20 heavy (non-hydrogen) atoms. The molecule has 2 aromatic rings. The second-order valence-electron chi connectivity index (χ2n) is 4.42. The number of ether oxygens (including phenoxy) is 2. The molecule has 3 nitrogen and oxygen atoms in total. The molecule has 0 fully saturated rings. The lowest BCUT2D eigenvalue weighted by Gasteiger charge is -2.20. The maximum Gasteiger partial charge on any atom is 0.163 e. The van der Waals surface area contributed by atoms with Gasteiger partial charge in [-0.25, -0.2) is 4.39 Å². The zero-order valence-electron chi connectivity index (χ0n) is 10.7. The fourth-order valence-corrected chi connectivity index (χ4v) is 2.49. The first kappa shape index (κ1) is 13.2. The van der Waals surface area contributed by atoms with Gasteiger partial charge in [0.15, 0.2) is 11.5 Å². The Hall–Kier alpha value is -1.75. The van der Waals surface area contributed by atoms with Gasteiger partial charge in [-0.05, 0) is 22.0 Å². The Morgan fingerprint density at radius 1 is 1.10 bits per heavy atom. The third-order valence-electron chi connectivity index (χ3n) is 3.06. The van der Waals surface area contributed by atoms with Crippen LogP contribution in [0.25, 0.3) is 0 Å². The van der Waals surface area contributed by atoms with Gasteiger partial charge in [0.2, 0.25) is 0 Å². The number of halogens is 2. The van der Waals surface area contributed by atoms with E-state index in [1.165, 1.54) is 6.07 Å². The summed E-state index contributed by atoms with van der Waals surface area (Å²) in [5.41, 5.74) is 1.46. The molecule has 0 saturated carbocycles. The lowest BCUT2D eigenvalue weighted by molar-refractivity contribution is 0.171. The van der Waals surface area contributed by atoms with Gasteiger partial charge < -0.3 is 14.8 Å². The molecule has 104 valence electrons. The lowest BCUT2D eigenvalue weighted by atomic mass is 10.2. The van der Waals surface area contributed by atoms with Crippen molar-refractivity contribution in [1.82, 2.24) is 0 Å². The molecule has 0 saturated heterocycles. The number of hydrogen-bond donors (Lipinski definition) is 1. The van der Waals surface area contributed by atoms with E-state index >= 15 is 0 Å². The predicted molar refractivity (Wildman–Crippen MR) is 78.9 cm³/mol. The number of hydrogen-bond acceptors (Lipinski definition) is 3. The second-order valence-corrected chi connectivity index (χ2v) is 5.28. The maximum atomic E-state index is 13.6. The van der Waals surface area contributed by atoms with E-state index in [2.05, 4.69) is 21.2 Å². The predicted octanol–water partition coefficient (Wildman–Crippen LogP) is 3.97. The maximum absolute atomic E-state index is 13.6. The molecule has 2 aromatic carbocycles. The van der Waals surface area contributed by atoms with Crippen LogP contribution in [0, 0.1) is 5.82 Å². The minimum absolute atomic E-state index is 0.214. The zero-order chi connectivity index (χ0) is 13.9. The summed E-state index contributed by atoms with van der Waals surface area (Å²) in [5.74, 6) is 1.21. The molecule has 0 radical (unpaired) electrons. The topological polar surface area (TPSA) is 30.5 Å². The first-order chi connectivity index (χ1) is 9.74. The fourth-order valence-electron chi connectivity index (χ4n) is 2.03. The molecule has 0 unspecified atom stereocenters. The Balaban J connectivity index is 1.79. The molecule has 1 aliphatic heterocycles. The van der Waals surface area contributed by atoms with Gasteiger partial charge in [0.25, 0.3) is 0 Å². The van der Waals surface area contributed by atoms with Crippen LogP contribution in [0.15, 0.2) is 40.9 Å². The average molecular weight is 338 g/mol. The average Bonchev–Trinajstić information content (AvgIpc) is 2.46. The van der Waals surface area contributed by atoms with E-state index in [9.17, 15) is 4.39 Å². The molecule has 5 heteroatoms. The van der Waals surface area contributed by atoms with Crippen molar-refractivity contribution in [3.8, 4) is 11.5 Å². The molecule has 0 spiro atoms. The normalized spacial score (nSPS) is 13.1. The van der Waals surface area contributed by atoms with Crippen molar-refractivity contribution in [3.05, 3.63) is 52.3 Å². The molecule has 1 N–H and O–H groups in total. The molecule has 0 amide bonds. The van der Waals surface area contributed by atoms with Crippen LogP contribution in [0.3, 0.4) is 0 Å². The monoisotopic (exact) mass is 337 g/mol. The third kappa shape index (κ3) is 2.72. The van der Waals surface area contributed by atoms with E-state index in [0.29, 0.717) is 31.1 Å². The Kier molecular flexibility index (Phi) is 3.78. The van der Waals surface area contributed by atoms with Crippen LogP contribution >= 0.6 is 15.9 Å². The highest BCUT2D eigenvalue weighted by atomic mass is 79.9. The molecule has 3 rings (SSSR count). The summed E-state index contributed by atoms with van der Waals surface area (Å²) in [6.45, 7) is 1.51. The number of nitrogens with one attached hydrogen (secondary N) is 1. The number of benzene rings is 2. The number of rotatable bonds is 3. The molecule has 1 heterocycles. The van der Waals surface area contributed by atoms with Gasteiger partial charge in [-0.1, -0.05) is 18.2 Å². The SMILES string of the molecule is Fc1ccccc1CNc1cc2c(cc1Br)OCCO2. The van der Waals surface area contributed by atoms with Crippen molar-refractivity contribution in [2.75, 3.05) is 18.5 Å². The Morgan fingerprint density at radius 3 is 2.55 bits per heavy atom. The number of anilines is 1. The van der Waals surface area contributed by atoms with Crippen LogP contribution in [0.4, 0.5) is 10.1 Å². The summed E-state index contributed by atoms with van der Waals surface area (Å²) >= 11 is 3.48. The number of fused-ring (bicyclic) bond motifs is 1. The largest absolute Gasteiger partial charge is 0.486 e. The molecule has 0 aromatic heterocycles. The summed E-state index contributed by atoms with van der Waals surface area (Å²) in [6.07, 6.45) is 0. The molecule has 1 aliphatic rings. The fraction of sp³-hybridized carbons (Fsp3) is 0.200. The second kappa shape index (κ2) is 5.71. The highest BCUT2D eigenvalue weighted by molar-refractivity contribution is 9.10. The van der Waals surface area contributed by atoms with Crippen molar-refractivity contribution in [2.24, 2.45) is 0 Å². The van der Waals surface area contributed by atoms with Crippen molar-refractivity contribution in [3.63, 3.8) is 0 Å². The summed E-state index contributed by atoms with van der Waals surface area (Å²) in [6, 6.07) is 10.4. The van der Waals surface area contributed by atoms with E-state index < -0.39 is 0 Å². The van der Waals surface area contributed by atoms with Crippen LogP contribution in [-0.4, -0.2) is 13.2 Å². The summed E-state index contributed by atoms with van der Waals surface area (Å²) in [5, 5.41) is 3.20. The van der Waals surface area contributed by atoms with E-state index in [0.717, 1.165) is 15.9 Å². The highest BCUT2D eigenvalue weighted by Crippen LogP contribution is 2.38. The van der Waals surface area contributed by atoms with Crippen LogP contribution < -0.4 is 14.8 Å². The van der Waals surface area contributed by atoms with Crippen molar-refractivity contribution in [2.45, 2.75) is 6.54 Å². The summed E-state index contributed by atoms with van der Waals surface area (Å²) < 4.78 is 25.5. The van der Waals surface area contributed by atoms with Gasteiger partial charge in [0, 0.05) is 28.7 Å². The first-order valence-electron chi connectivity index (χ1n) is 6.30. The van der Waals surface area contributed by atoms with Gasteiger partial charge in [-0.2, -0.15) is 0 Å². The third-order valence-corrected chi connectivity index (χ3v) is 3.72. The van der Waals surface area contributed by atoms with Crippen LogP contribution in [0.5, 0.6) is 11.5 Å². The smallest absolute Gasteiger partial charge is 0.163 e. The minimum atomic E-state index is -0.214. The highest BCUT2D eigenvalue weighted by Gasteiger charge is 2.14. The van der Waals surface area contributed by atoms with Gasteiger partial charge in [0.05, 0.1) is 5.69 Å². The molecular formula is C15H13BrFNO2. The minimum Gasteiger partial charge on any atom is -0.486 e. The van der Waals surface area contributed by atoms with Crippen molar-refractivity contribution >= 4 is 21.6 Å².